The minimum Gasteiger partial charge on any atom is -0.443 e. The van der Waals surface area contributed by atoms with Crippen LogP contribution in [0.5, 0.6) is 0 Å². The van der Waals surface area contributed by atoms with E-state index in [1.165, 1.54) is 5.56 Å². The second-order valence-electron chi connectivity index (χ2n) is 9.10. The maximum Gasteiger partial charge on any atom is 0.410 e. The van der Waals surface area contributed by atoms with Crippen LogP contribution in [-0.2, 0) is 28.0 Å². The molecule has 3 atom stereocenters. The van der Waals surface area contributed by atoms with E-state index in [4.69, 9.17) is 9.47 Å². The van der Waals surface area contributed by atoms with Crippen molar-refractivity contribution in [1.29, 1.82) is 0 Å². The second kappa shape index (κ2) is 9.38. The highest BCUT2D eigenvalue weighted by Crippen LogP contribution is 2.42. The maximum atomic E-state index is 13.2. The van der Waals surface area contributed by atoms with Gasteiger partial charge in [-0.3, -0.25) is 9.80 Å². The van der Waals surface area contributed by atoms with Gasteiger partial charge in [-0.25, -0.2) is 4.79 Å². The first-order chi connectivity index (χ1) is 16.2. The van der Waals surface area contributed by atoms with E-state index < -0.39 is 5.41 Å². The minimum atomic E-state index is -0.450. The van der Waals surface area contributed by atoms with Gasteiger partial charge in [0.1, 0.15) is 6.10 Å². The summed E-state index contributed by atoms with van der Waals surface area (Å²) in [5, 5.41) is 0. The van der Waals surface area contributed by atoms with Crippen LogP contribution in [0.2, 0.25) is 0 Å². The van der Waals surface area contributed by atoms with Crippen molar-refractivity contribution in [3.05, 3.63) is 108 Å². The van der Waals surface area contributed by atoms with Crippen LogP contribution in [0.1, 0.15) is 16.7 Å². The van der Waals surface area contributed by atoms with Gasteiger partial charge < -0.3 is 9.47 Å². The number of benzene rings is 3. The molecule has 5 heteroatoms. The molecule has 2 aliphatic rings. The average molecular weight is 443 g/mol. The smallest absolute Gasteiger partial charge is 0.410 e. The molecular formula is C28H30N2O3. The number of hydrogen-bond acceptors (Lipinski definition) is 4. The van der Waals surface area contributed by atoms with Gasteiger partial charge in [0.25, 0.3) is 0 Å². The third kappa shape index (κ3) is 4.26. The third-order valence-corrected chi connectivity index (χ3v) is 6.90. The highest BCUT2D eigenvalue weighted by Gasteiger charge is 2.58. The van der Waals surface area contributed by atoms with Crippen LogP contribution in [0.4, 0.5) is 4.79 Å². The quantitative estimate of drug-likeness (QED) is 0.541. The molecule has 170 valence electrons. The number of hydrogen-bond donors (Lipinski definition) is 0. The van der Waals surface area contributed by atoms with E-state index in [2.05, 4.69) is 65.6 Å². The van der Waals surface area contributed by atoms with Crippen molar-refractivity contribution >= 4 is 6.09 Å². The molecule has 5 rings (SSSR count). The zero-order valence-corrected chi connectivity index (χ0v) is 19.0. The third-order valence-electron chi connectivity index (χ3n) is 6.90. The lowest BCUT2D eigenvalue weighted by Gasteiger charge is -2.49. The van der Waals surface area contributed by atoms with Gasteiger partial charge in [-0.15, -0.1) is 0 Å². The largest absolute Gasteiger partial charge is 0.443 e. The molecule has 2 heterocycles. The van der Waals surface area contributed by atoms with E-state index >= 15 is 0 Å². The first-order valence-corrected chi connectivity index (χ1v) is 11.5. The van der Waals surface area contributed by atoms with Gasteiger partial charge in [0.15, 0.2) is 0 Å². The lowest BCUT2D eigenvalue weighted by Crippen LogP contribution is -2.64. The molecule has 3 aromatic carbocycles. The van der Waals surface area contributed by atoms with Gasteiger partial charge in [0.2, 0.25) is 0 Å². The van der Waals surface area contributed by atoms with Gasteiger partial charge >= 0.3 is 6.09 Å². The van der Waals surface area contributed by atoms with Crippen molar-refractivity contribution < 1.29 is 14.3 Å². The van der Waals surface area contributed by atoms with Crippen molar-refractivity contribution in [2.24, 2.45) is 0 Å². The Labute approximate surface area is 195 Å². The molecule has 0 aromatic heterocycles. The lowest BCUT2D eigenvalue weighted by atomic mass is 9.70. The van der Waals surface area contributed by atoms with Crippen molar-refractivity contribution in [2.75, 3.05) is 26.8 Å². The Morgan fingerprint density at radius 1 is 0.879 bits per heavy atom. The molecule has 2 fully saturated rings. The highest BCUT2D eigenvalue weighted by atomic mass is 16.6. The predicted molar refractivity (Wildman–Crippen MR) is 128 cm³/mol. The summed E-state index contributed by atoms with van der Waals surface area (Å²) < 4.78 is 12.0. The molecule has 5 nitrogen and oxygen atoms in total. The molecule has 0 N–H and O–H groups in total. The molecule has 2 aliphatic heterocycles. The van der Waals surface area contributed by atoms with Crippen LogP contribution < -0.4 is 0 Å². The summed E-state index contributed by atoms with van der Waals surface area (Å²) in [6, 6.07) is 31.0. The standard InChI is InChI=1S/C28H30N2O3/c1-32-21-28(24-15-9-4-10-16-24)20-29(17-22-11-5-2-6-12-22)19-25-26(28)33-27(31)30(25)18-23-13-7-3-8-14-23/h2-16,25-26H,17-21H2,1H3/t25-,26-,28+/m0/s1. The minimum absolute atomic E-state index is 0.0643. The van der Waals surface area contributed by atoms with E-state index in [-0.39, 0.29) is 18.2 Å². The molecule has 3 aromatic rings. The topological polar surface area (TPSA) is 42.0 Å². The van der Waals surface area contributed by atoms with Gasteiger partial charge in [0.05, 0.1) is 18.1 Å². The number of nitrogens with zero attached hydrogens (tertiary/aromatic N) is 2. The summed E-state index contributed by atoms with van der Waals surface area (Å²) >= 11 is 0. The molecule has 33 heavy (non-hydrogen) atoms. The summed E-state index contributed by atoms with van der Waals surface area (Å²) in [6.07, 6.45) is -0.519. The Morgan fingerprint density at radius 3 is 2.06 bits per heavy atom. The number of carbonyl (C=O) groups is 1. The van der Waals surface area contributed by atoms with Gasteiger partial charge in [0, 0.05) is 33.3 Å². The zero-order valence-electron chi connectivity index (χ0n) is 19.0. The summed E-state index contributed by atoms with van der Waals surface area (Å²) in [4.78, 5) is 17.5. The van der Waals surface area contributed by atoms with Crippen LogP contribution >= 0.6 is 0 Å². The molecule has 0 unspecified atom stereocenters. The number of rotatable bonds is 7. The number of piperidine rings is 1. The van der Waals surface area contributed by atoms with Crippen LogP contribution in [0.15, 0.2) is 91.0 Å². The van der Waals surface area contributed by atoms with Gasteiger partial charge in [-0.2, -0.15) is 0 Å². The van der Waals surface area contributed by atoms with E-state index in [0.717, 1.165) is 30.8 Å². The van der Waals surface area contributed by atoms with Crippen molar-refractivity contribution in [3.63, 3.8) is 0 Å². The lowest BCUT2D eigenvalue weighted by molar-refractivity contribution is -0.0394. The maximum absolute atomic E-state index is 13.2. The number of methoxy groups -OCH3 is 1. The Bertz CT molecular complexity index is 1060. The number of likely N-dealkylation sites (tertiary alicyclic amines) is 1. The Morgan fingerprint density at radius 2 is 1.45 bits per heavy atom. The monoisotopic (exact) mass is 442 g/mol. The van der Waals surface area contributed by atoms with Crippen LogP contribution in [-0.4, -0.2) is 54.8 Å². The normalized spacial score (nSPS) is 25.0. The molecule has 0 aliphatic carbocycles. The Balaban J connectivity index is 1.53. The van der Waals surface area contributed by atoms with Crippen molar-refractivity contribution in [3.8, 4) is 0 Å². The van der Waals surface area contributed by atoms with Crippen molar-refractivity contribution in [2.45, 2.75) is 30.7 Å². The zero-order chi connectivity index (χ0) is 22.7. The number of ether oxygens (including phenoxy) is 2. The van der Waals surface area contributed by atoms with Crippen LogP contribution in [0, 0.1) is 0 Å². The fourth-order valence-electron chi connectivity index (χ4n) is 5.47. The predicted octanol–water partition coefficient (Wildman–Crippen LogP) is 4.48. The number of fused-ring (bicyclic) bond motifs is 1. The highest BCUT2D eigenvalue weighted by molar-refractivity contribution is 5.71. The fourth-order valence-corrected chi connectivity index (χ4v) is 5.47. The first kappa shape index (κ1) is 21.7. The summed E-state index contributed by atoms with van der Waals surface area (Å²) in [6.45, 7) is 3.35. The Hall–Kier alpha value is -3.15. The molecular weight excluding hydrogens is 412 g/mol. The van der Waals surface area contributed by atoms with E-state index in [9.17, 15) is 4.79 Å². The van der Waals surface area contributed by atoms with Gasteiger partial charge in [-0.05, 0) is 16.7 Å². The molecule has 0 saturated carbocycles. The first-order valence-electron chi connectivity index (χ1n) is 11.5. The van der Waals surface area contributed by atoms with Crippen molar-refractivity contribution in [1.82, 2.24) is 9.80 Å². The average Bonchev–Trinajstić information content (AvgIpc) is 3.17. The van der Waals surface area contributed by atoms with E-state index in [0.29, 0.717) is 13.2 Å². The molecule has 1 amide bonds. The summed E-state index contributed by atoms with van der Waals surface area (Å²) in [7, 11) is 1.73. The summed E-state index contributed by atoms with van der Waals surface area (Å²) in [5.41, 5.74) is 3.06. The molecule has 0 radical (unpaired) electrons. The molecule has 0 spiro atoms. The SMILES string of the molecule is COC[C@@]1(c2ccccc2)CN(Cc2ccccc2)C[C@H]2[C@@H]1OC(=O)N2Cc1ccccc1. The van der Waals surface area contributed by atoms with E-state index in [1.54, 1.807) is 7.11 Å². The van der Waals surface area contributed by atoms with Crippen LogP contribution in [0.3, 0.4) is 0 Å². The second-order valence-corrected chi connectivity index (χ2v) is 9.10. The fraction of sp³-hybridized carbons (Fsp3) is 0.321. The van der Waals surface area contributed by atoms with E-state index in [1.807, 2.05) is 35.2 Å². The molecule has 2 saturated heterocycles. The van der Waals surface area contributed by atoms with Crippen LogP contribution in [0.25, 0.3) is 0 Å². The van der Waals surface area contributed by atoms with Gasteiger partial charge in [-0.1, -0.05) is 91.0 Å². The summed E-state index contributed by atoms with van der Waals surface area (Å²) in [5.74, 6) is 0. The molecule has 0 bridgehead atoms. The Kier molecular flexibility index (Phi) is 6.16. The number of amides is 1. The number of carbonyl (C=O) groups excluding carboxylic acids is 1.